The maximum Gasteiger partial charge on any atom is 4.00 e. The molecule has 0 saturated heterocycles. The summed E-state index contributed by atoms with van der Waals surface area (Å²) in [6.45, 7) is 0. The Bertz CT molecular complexity index is 965. The van der Waals surface area contributed by atoms with Crippen molar-refractivity contribution >= 4 is 23.9 Å². The first kappa shape index (κ1) is 31.7. The molecule has 0 aromatic rings. The molecule has 0 spiro atoms. The van der Waals surface area contributed by atoms with Gasteiger partial charge in [0.2, 0.25) is 0 Å². The molecular weight excluding hydrogens is 604 g/mol. The molecule has 0 heterocycles. The van der Waals surface area contributed by atoms with Gasteiger partial charge in [0.1, 0.15) is 0 Å². The van der Waals surface area contributed by atoms with Crippen LogP contribution in [0.4, 0.5) is 0 Å². The third kappa shape index (κ3) is 7.21. The molecule has 8 nitrogen and oxygen atoms in total. The molecule has 0 radical (unpaired) electrons. The van der Waals surface area contributed by atoms with Crippen LogP contribution in [0.5, 0.6) is 0 Å². The first-order valence-corrected chi connectivity index (χ1v) is 14.7. The minimum absolute atomic E-state index is 0. The quantitative estimate of drug-likeness (QED) is 0.382. The number of aliphatic carboxylic acids is 4. The normalized spacial score (nSPS) is 41.6. The van der Waals surface area contributed by atoms with Crippen molar-refractivity contribution < 1.29 is 65.8 Å². The van der Waals surface area contributed by atoms with E-state index in [4.69, 9.17) is 0 Å². The van der Waals surface area contributed by atoms with Gasteiger partial charge in [0.25, 0.3) is 0 Å². The second kappa shape index (κ2) is 13.4. The van der Waals surface area contributed by atoms with Crippen molar-refractivity contribution in [3.05, 3.63) is 48.6 Å². The van der Waals surface area contributed by atoms with Gasteiger partial charge in [-0.3, -0.25) is 0 Å². The van der Waals surface area contributed by atoms with Crippen molar-refractivity contribution in [1.82, 2.24) is 0 Å². The van der Waals surface area contributed by atoms with Gasteiger partial charge in [-0.05, 0) is 98.7 Å². The molecule has 0 aliphatic heterocycles. The molecule has 12 unspecified atom stereocenters. The molecule has 8 aliphatic rings. The van der Waals surface area contributed by atoms with Crippen molar-refractivity contribution in [2.24, 2.45) is 71.0 Å². The van der Waals surface area contributed by atoms with Gasteiger partial charge in [0.15, 0.2) is 0 Å². The standard InChI is InChI=1S/4C8H10O2.Zr/c4*9-8(10)7-4-5-1-2-6(7)3-5;/h4*1-2,5-7H,3-4H2,(H,9,10);/q;;;;+4/p-4. The second-order valence-electron chi connectivity index (χ2n) is 12.8. The Labute approximate surface area is 259 Å². The van der Waals surface area contributed by atoms with Gasteiger partial charge in [-0.1, -0.05) is 48.6 Å². The number of rotatable bonds is 4. The van der Waals surface area contributed by atoms with Crippen LogP contribution in [0, 0.1) is 71.0 Å². The molecule has 12 atom stereocenters. The summed E-state index contributed by atoms with van der Waals surface area (Å²) in [5.74, 6) is -0.908. The Hall–Kier alpha value is -2.28. The maximum absolute atomic E-state index is 10.4. The summed E-state index contributed by atoms with van der Waals surface area (Å²) in [6.07, 6.45) is 24.0. The summed E-state index contributed by atoms with van der Waals surface area (Å²) in [7, 11) is 0. The summed E-state index contributed by atoms with van der Waals surface area (Å²) in [4.78, 5) is 41.8. The summed E-state index contributed by atoms with van der Waals surface area (Å²) in [6, 6.07) is 0. The van der Waals surface area contributed by atoms with Crippen molar-refractivity contribution in [3.63, 3.8) is 0 Å². The molecule has 9 heteroatoms. The van der Waals surface area contributed by atoms with E-state index in [0.717, 1.165) is 51.4 Å². The van der Waals surface area contributed by atoms with Crippen LogP contribution in [0.25, 0.3) is 0 Å². The van der Waals surface area contributed by atoms with Crippen LogP contribution in [0.1, 0.15) is 51.4 Å². The van der Waals surface area contributed by atoms with Crippen LogP contribution in [-0.4, -0.2) is 23.9 Å². The molecular formula is C32H36O8Zr. The number of hydrogen-bond acceptors (Lipinski definition) is 8. The molecule has 0 N–H and O–H groups in total. The molecule has 8 bridgehead atoms. The number of fused-ring (bicyclic) bond motifs is 8. The number of allylic oxidation sites excluding steroid dienone is 8. The van der Waals surface area contributed by atoms with Gasteiger partial charge >= 0.3 is 26.2 Å². The van der Waals surface area contributed by atoms with Crippen molar-refractivity contribution in [2.75, 3.05) is 0 Å². The molecule has 0 aromatic heterocycles. The predicted octanol–water partition coefficient (Wildman–Crippen LogP) is -0.208. The number of carboxylic acids is 4. The molecule has 41 heavy (non-hydrogen) atoms. The van der Waals surface area contributed by atoms with Crippen LogP contribution in [0.3, 0.4) is 0 Å². The average Bonchev–Trinajstić information content (AvgIpc) is 3.80. The zero-order valence-corrected chi connectivity index (χ0v) is 25.4. The Kier molecular flexibility index (Phi) is 10.3. The van der Waals surface area contributed by atoms with E-state index in [2.05, 4.69) is 24.3 Å². The third-order valence-electron chi connectivity index (χ3n) is 10.3. The van der Waals surface area contributed by atoms with E-state index in [-0.39, 0.29) is 73.5 Å². The Morgan fingerprint density at radius 2 is 0.561 bits per heavy atom. The zero-order valence-electron chi connectivity index (χ0n) is 23.0. The van der Waals surface area contributed by atoms with Crippen LogP contribution in [0.15, 0.2) is 48.6 Å². The van der Waals surface area contributed by atoms with Gasteiger partial charge in [0.05, 0.1) is 0 Å². The zero-order chi connectivity index (χ0) is 28.6. The van der Waals surface area contributed by atoms with Crippen LogP contribution in [-0.2, 0) is 45.4 Å². The molecule has 8 rings (SSSR count). The van der Waals surface area contributed by atoms with E-state index in [1.807, 2.05) is 24.3 Å². The monoisotopic (exact) mass is 638 g/mol. The number of carboxylic acid groups (broad SMARTS) is 4. The third-order valence-corrected chi connectivity index (χ3v) is 10.3. The average molecular weight is 640 g/mol. The molecule has 216 valence electrons. The van der Waals surface area contributed by atoms with Crippen molar-refractivity contribution in [3.8, 4) is 0 Å². The number of hydrogen-bond donors (Lipinski definition) is 0. The van der Waals surface area contributed by atoms with Crippen molar-refractivity contribution in [2.45, 2.75) is 51.4 Å². The van der Waals surface area contributed by atoms with E-state index in [1.165, 1.54) is 0 Å². The van der Waals surface area contributed by atoms with Gasteiger partial charge in [-0.2, -0.15) is 0 Å². The molecule has 0 amide bonds. The van der Waals surface area contributed by atoms with E-state index < -0.39 is 23.9 Å². The molecule has 0 aromatic carbocycles. The summed E-state index contributed by atoms with van der Waals surface area (Å²) >= 11 is 0. The van der Waals surface area contributed by atoms with Gasteiger partial charge in [-0.15, -0.1) is 0 Å². The largest absolute Gasteiger partial charge is 4.00 e. The number of carbonyl (C=O) groups excluding carboxylic acids is 4. The van der Waals surface area contributed by atoms with Crippen molar-refractivity contribution in [1.29, 1.82) is 0 Å². The summed E-state index contributed by atoms with van der Waals surface area (Å²) in [5, 5.41) is 41.8. The Balaban J connectivity index is 0.000000125. The first-order chi connectivity index (χ1) is 19.1. The smallest absolute Gasteiger partial charge is 0.550 e. The van der Waals surface area contributed by atoms with E-state index >= 15 is 0 Å². The van der Waals surface area contributed by atoms with E-state index in [0.29, 0.717) is 23.7 Å². The fraction of sp³-hybridized carbons (Fsp3) is 0.625. The Morgan fingerprint density at radius 1 is 0.366 bits per heavy atom. The fourth-order valence-electron chi connectivity index (χ4n) is 8.21. The van der Waals surface area contributed by atoms with Gasteiger partial charge < -0.3 is 39.6 Å². The first-order valence-electron chi connectivity index (χ1n) is 14.7. The number of carbonyl (C=O) groups is 4. The van der Waals surface area contributed by atoms with Crippen LogP contribution >= 0.6 is 0 Å². The SMILES string of the molecule is O=C([O-])C1CC2C=CC1C2.O=C([O-])C1CC2C=CC1C2.O=C([O-])C1CC2C=CC1C2.O=C([O-])C1CC2C=CC1C2.[Zr+4]. The molecule has 8 aliphatic carbocycles. The summed E-state index contributed by atoms with van der Waals surface area (Å²) < 4.78 is 0. The van der Waals surface area contributed by atoms with Gasteiger partial charge in [-0.25, -0.2) is 0 Å². The van der Waals surface area contributed by atoms with Crippen LogP contribution < -0.4 is 20.4 Å². The minimum atomic E-state index is -0.864. The van der Waals surface area contributed by atoms with E-state index in [1.54, 1.807) is 0 Å². The van der Waals surface area contributed by atoms with E-state index in [9.17, 15) is 39.6 Å². The van der Waals surface area contributed by atoms with Gasteiger partial charge in [0, 0.05) is 47.5 Å². The fourth-order valence-corrected chi connectivity index (χ4v) is 8.21. The second-order valence-corrected chi connectivity index (χ2v) is 12.8. The topological polar surface area (TPSA) is 161 Å². The predicted molar refractivity (Wildman–Crippen MR) is 135 cm³/mol. The molecule has 4 saturated carbocycles. The maximum atomic E-state index is 10.4. The summed E-state index contributed by atoms with van der Waals surface area (Å²) in [5.41, 5.74) is 0. The Morgan fingerprint density at radius 3 is 0.634 bits per heavy atom. The van der Waals surface area contributed by atoms with Crippen LogP contribution in [0.2, 0.25) is 0 Å². The minimum Gasteiger partial charge on any atom is -0.550 e. The molecule has 4 fully saturated rings.